The van der Waals surface area contributed by atoms with Crippen molar-refractivity contribution < 1.29 is 18.0 Å². The van der Waals surface area contributed by atoms with Gasteiger partial charge >= 0.3 is 0 Å². The molecule has 4 aromatic rings. The highest BCUT2D eigenvalue weighted by molar-refractivity contribution is 5.85. The minimum Gasteiger partial charge on any atom is -0.491 e. The van der Waals surface area contributed by atoms with Gasteiger partial charge in [0, 0.05) is 12.0 Å². The normalized spacial score (nSPS) is 14.4. The fourth-order valence-corrected chi connectivity index (χ4v) is 4.10. The second-order valence-corrected chi connectivity index (χ2v) is 7.68. The molecule has 1 fully saturated rings. The van der Waals surface area contributed by atoms with Crippen molar-refractivity contribution in [1.82, 2.24) is 30.1 Å². The van der Waals surface area contributed by atoms with Crippen molar-refractivity contribution in [3.63, 3.8) is 0 Å². The van der Waals surface area contributed by atoms with Gasteiger partial charge in [0.2, 0.25) is 11.7 Å². The van der Waals surface area contributed by atoms with Gasteiger partial charge in [-0.2, -0.15) is 10.1 Å². The summed E-state index contributed by atoms with van der Waals surface area (Å²) < 4.78 is 39.6. The van der Waals surface area contributed by atoms with Crippen LogP contribution in [0.4, 0.5) is 8.78 Å². The predicted molar refractivity (Wildman–Crippen MR) is 117 cm³/mol. The molecule has 1 aliphatic rings. The summed E-state index contributed by atoms with van der Waals surface area (Å²) >= 11 is 0. The van der Waals surface area contributed by atoms with Crippen LogP contribution in [0, 0.1) is 11.6 Å². The first-order chi connectivity index (χ1) is 15.5. The molecule has 4 heterocycles. The summed E-state index contributed by atoms with van der Waals surface area (Å²) in [5, 5.41) is 11.7. The first kappa shape index (κ1) is 22.9. The standard InChI is InChI=1S/C21H20F2N6O3.ClH/c1-31-19-14(22)6-11(7-15(19)23)8-18-27-20(28-32-18)13-10-25-29-16(9-17(30)26-21(13)29)12-2-4-24-5-3-12;/h6-7,9-10,12,24H,2-5,8H2,1H3,(H,26,30);1H. The Hall–Kier alpha value is -3.31. The Bertz CT molecular complexity index is 1320. The van der Waals surface area contributed by atoms with Gasteiger partial charge in [0.05, 0.1) is 31.0 Å². The van der Waals surface area contributed by atoms with Crippen molar-refractivity contribution in [3.05, 3.63) is 63.5 Å². The zero-order chi connectivity index (χ0) is 22.2. The number of methoxy groups -OCH3 is 1. The maximum absolute atomic E-state index is 14.0. The lowest BCUT2D eigenvalue weighted by Crippen LogP contribution is -2.28. The van der Waals surface area contributed by atoms with Gasteiger partial charge in [0.25, 0.3) is 5.56 Å². The van der Waals surface area contributed by atoms with Gasteiger partial charge in [-0.25, -0.2) is 13.3 Å². The molecule has 2 N–H and O–H groups in total. The summed E-state index contributed by atoms with van der Waals surface area (Å²) in [6.07, 6.45) is 3.42. The van der Waals surface area contributed by atoms with Crippen LogP contribution in [0.2, 0.25) is 0 Å². The Morgan fingerprint density at radius 2 is 1.94 bits per heavy atom. The summed E-state index contributed by atoms with van der Waals surface area (Å²) in [7, 11) is 1.20. The number of hydrogen-bond acceptors (Lipinski definition) is 7. The molecule has 0 amide bonds. The van der Waals surface area contributed by atoms with Crippen molar-refractivity contribution in [2.24, 2.45) is 0 Å². The van der Waals surface area contributed by atoms with E-state index in [1.165, 1.54) is 7.11 Å². The largest absolute Gasteiger partial charge is 0.491 e. The van der Waals surface area contributed by atoms with Crippen LogP contribution in [0.3, 0.4) is 0 Å². The molecule has 12 heteroatoms. The minimum absolute atomic E-state index is 0. The van der Waals surface area contributed by atoms with E-state index in [4.69, 9.17) is 9.26 Å². The monoisotopic (exact) mass is 478 g/mol. The second kappa shape index (κ2) is 9.28. The molecule has 33 heavy (non-hydrogen) atoms. The van der Waals surface area contributed by atoms with Gasteiger partial charge in [-0.15, -0.1) is 12.4 Å². The molecule has 174 valence electrons. The van der Waals surface area contributed by atoms with Crippen molar-refractivity contribution in [2.75, 3.05) is 20.2 Å². The van der Waals surface area contributed by atoms with Crippen molar-refractivity contribution in [1.29, 1.82) is 0 Å². The van der Waals surface area contributed by atoms with Crippen LogP contribution in [-0.4, -0.2) is 44.9 Å². The summed E-state index contributed by atoms with van der Waals surface area (Å²) in [4.78, 5) is 19.5. The van der Waals surface area contributed by atoms with E-state index in [0.717, 1.165) is 43.8 Å². The van der Waals surface area contributed by atoms with E-state index in [9.17, 15) is 13.6 Å². The molecule has 1 aromatic carbocycles. The maximum Gasteiger partial charge on any atom is 0.251 e. The molecule has 0 spiro atoms. The van der Waals surface area contributed by atoms with E-state index in [1.807, 2.05) is 0 Å². The molecule has 9 nitrogen and oxygen atoms in total. The van der Waals surface area contributed by atoms with E-state index in [0.29, 0.717) is 16.8 Å². The Kier molecular flexibility index (Phi) is 6.43. The number of aromatic nitrogens is 5. The average molecular weight is 479 g/mol. The molecular formula is C21H21ClF2N6O3. The molecule has 0 atom stereocenters. The molecule has 0 saturated carbocycles. The zero-order valence-corrected chi connectivity index (χ0v) is 18.4. The maximum atomic E-state index is 14.0. The van der Waals surface area contributed by atoms with Crippen LogP contribution in [0.15, 0.2) is 33.7 Å². The third kappa shape index (κ3) is 4.33. The van der Waals surface area contributed by atoms with Gasteiger partial charge in [-0.3, -0.25) is 4.79 Å². The fourth-order valence-electron chi connectivity index (χ4n) is 4.10. The molecule has 0 unspecified atom stereocenters. The van der Waals surface area contributed by atoms with E-state index >= 15 is 0 Å². The average Bonchev–Trinajstić information content (AvgIpc) is 3.40. The fraction of sp³-hybridized carbons (Fsp3) is 0.333. The smallest absolute Gasteiger partial charge is 0.251 e. The third-order valence-corrected chi connectivity index (χ3v) is 5.62. The van der Waals surface area contributed by atoms with Gasteiger partial charge in [0.1, 0.15) is 5.65 Å². The highest BCUT2D eigenvalue weighted by Gasteiger charge is 2.22. The number of rotatable bonds is 5. The van der Waals surface area contributed by atoms with E-state index in [-0.39, 0.29) is 42.0 Å². The van der Waals surface area contributed by atoms with E-state index < -0.39 is 17.4 Å². The molecule has 0 radical (unpaired) electrons. The molecule has 0 aliphatic carbocycles. The number of nitrogens with one attached hydrogen (secondary N) is 2. The topological polar surface area (TPSA) is 110 Å². The summed E-state index contributed by atoms with van der Waals surface area (Å²) in [5.41, 5.74) is 1.89. The van der Waals surface area contributed by atoms with E-state index in [2.05, 4.69) is 25.5 Å². The van der Waals surface area contributed by atoms with Crippen LogP contribution in [0.5, 0.6) is 5.75 Å². The van der Waals surface area contributed by atoms with Gasteiger partial charge in [-0.1, -0.05) is 5.16 Å². The minimum atomic E-state index is -0.812. The van der Waals surface area contributed by atoms with Gasteiger partial charge < -0.3 is 19.6 Å². The quantitative estimate of drug-likeness (QED) is 0.454. The number of hydrogen-bond donors (Lipinski definition) is 2. The SMILES string of the molecule is COc1c(F)cc(Cc2nc(-c3cnn4c(C5CCNCC5)cc(=O)[nH]c34)no2)cc1F.Cl. The molecule has 0 bridgehead atoms. The number of benzene rings is 1. The van der Waals surface area contributed by atoms with Crippen LogP contribution in [0.1, 0.15) is 35.9 Å². The number of halogens is 3. The molecular weight excluding hydrogens is 458 g/mol. The Morgan fingerprint density at radius 1 is 1.21 bits per heavy atom. The highest BCUT2D eigenvalue weighted by Crippen LogP contribution is 2.28. The van der Waals surface area contributed by atoms with Gasteiger partial charge in [0.15, 0.2) is 17.4 Å². The lowest BCUT2D eigenvalue weighted by molar-refractivity contribution is 0.358. The number of H-pyrrole nitrogens is 1. The van der Waals surface area contributed by atoms with Gasteiger partial charge in [-0.05, 0) is 43.6 Å². The highest BCUT2D eigenvalue weighted by atomic mass is 35.5. The second-order valence-electron chi connectivity index (χ2n) is 7.68. The first-order valence-electron chi connectivity index (χ1n) is 10.2. The Morgan fingerprint density at radius 3 is 2.64 bits per heavy atom. The number of aromatic amines is 1. The third-order valence-electron chi connectivity index (χ3n) is 5.62. The molecule has 5 rings (SSSR count). The van der Waals surface area contributed by atoms with Crippen molar-refractivity contribution in [2.45, 2.75) is 25.2 Å². The van der Waals surface area contributed by atoms with Crippen LogP contribution in [-0.2, 0) is 6.42 Å². The lowest BCUT2D eigenvalue weighted by atomic mass is 9.94. The Balaban J connectivity index is 0.00000259. The Labute approximate surface area is 192 Å². The van der Waals surface area contributed by atoms with Crippen molar-refractivity contribution >= 4 is 18.1 Å². The summed E-state index contributed by atoms with van der Waals surface area (Å²) in [5.74, 6) is -1.46. The van der Waals surface area contributed by atoms with E-state index in [1.54, 1.807) is 16.8 Å². The number of fused-ring (bicyclic) bond motifs is 1. The molecule has 3 aromatic heterocycles. The van der Waals surface area contributed by atoms with Crippen LogP contribution < -0.4 is 15.6 Å². The number of nitrogens with zero attached hydrogens (tertiary/aromatic N) is 4. The zero-order valence-electron chi connectivity index (χ0n) is 17.6. The van der Waals surface area contributed by atoms with Crippen molar-refractivity contribution in [3.8, 4) is 17.1 Å². The van der Waals surface area contributed by atoms with Crippen LogP contribution in [0.25, 0.3) is 17.0 Å². The van der Waals surface area contributed by atoms with Crippen LogP contribution >= 0.6 is 12.4 Å². The first-order valence-corrected chi connectivity index (χ1v) is 10.2. The molecule has 1 saturated heterocycles. The summed E-state index contributed by atoms with van der Waals surface area (Å²) in [6.45, 7) is 1.77. The number of piperidine rings is 1. The predicted octanol–water partition coefficient (Wildman–Crippen LogP) is 2.84. The number of ether oxygens (including phenoxy) is 1. The molecule has 1 aliphatic heterocycles. The summed E-state index contributed by atoms with van der Waals surface area (Å²) in [6, 6.07) is 3.89. The lowest BCUT2D eigenvalue weighted by Gasteiger charge is -2.23.